The van der Waals surface area contributed by atoms with Gasteiger partial charge in [0.1, 0.15) is 0 Å². The van der Waals surface area contributed by atoms with Gasteiger partial charge in [0.15, 0.2) is 0 Å². The molecule has 1 radical (unpaired) electrons. The summed E-state index contributed by atoms with van der Waals surface area (Å²) in [7, 11) is 0. The van der Waals surface area contributed by atoms with Crippen LogP contribution in [0.5, 0.6) is 0 Å². The van der Waals surface area contributed by atoms with Crippen LogP contribution in [0, 0.1) is 11.8 Å². The minimum absolute atomic E-state index is 0.234. The number of aliphatic hydroxyl groups excluding tert-OH is 1. The van der Waals surface area contributed by atoms with Crippen molar-refractivity contribution < 1.29 is 5.11 Å². The van der Waals surface area contributed by atoms with Gasteiger partial charge < -0.3 is 5.11 Å². The molecule has 0 heterocycles. The van der Waals surface area contributed by atoms with Crippen molar-refractivity contribution in [3.8, 4) is 0 Å². The Morgan fingerprint density at radius 2 is 2.00 bits per heavy atom. The van der Waals surface area contributed by atoms with Crippen molar-refractivity contribution in [2.45, 2.75) is 20.8 Å². The van der Waals surface area contributed by atoms with Crippen molar-refractivity contribution in [1.29, 1.82) is 0 Å². The molecule has 0 atom stereocenters. The summed E-state index contributed by atoms with van der Waals surface area (Å²) in [6, 6.07) is 0. The Kier molecular flexibility index (Phi) is 3.01. The van der Waals surface area contributed by atoms with Gasteiger partial charge in [0, 0.05) is 12.5 Å². The summed E-state index contributed by atoms with van der Waals surface area (Å²) in [5.41, 5.74) is 0. The average Bonchev–Trinajstić information content (AvgIpc) is 1.65. The highest BCUT2D eigenvalue weighted by molar-refractivity contribution is 4.85. The van der Waals surface area contributed by atoms with Gasteiger partial charge in [-0.1, -0.05) is 20.8 Å². The Balaban J connectivity index is 3.14. The summed E-state index contributed by atoms with van der Waals surface area (Å²) in [5, 5.41) is 8.47. The van der Waals surface area contributed by atoms with E-state index < -0.39 is 0 Å². The lowest BCUT2D eigenvalue weighted by molar-refractivity contribution is 0.290. The van der Waals surface area contributed by atoms with Crippen LogP contribution in [0.1, 0.15) is 20.8 Å². The molecule has 0 aliphatic carbocycles. The van der Waals surface area contributed by atoms with E-state index in [0.717, 1.165) is 5.92 Å². The molecule has 1 nitrogen and oxygen atoms in total. The van der Waals surface area contributed by atoms with Crippen LogP contribution in [0.4, 0.5) is 0 Å². The van der Waals surface area contributed by atoms with Gasteiger partial charge in [0.25, 0.3) is 0 Å². The first-order valence-electron chi connectivity index (χ1n) is 2.61. The molecule has 7 heavy (non-hydrogen) atoms. The van der Waals surface area contributed by atoms with Gasteiger partial charge in [0.2, 0.25) is 0 Å². The first-order chi connectivity index (χ1) is 3.18. The summed E-state index contributed by atoms with van der Waals surface area (Å²) in [6.45, 7) is 6.35. The maximum absolute atomic E-state index is 8.47. The minimum atomic E-state index is 0.234. The lowest BCUT2D eigenvalue weighted by Crippen LogP contribution is -2.04. The third kappa shape index (κ3) is 2.63. The van der Waals surface area contributed by atoms with Gasteiger partial charge in [-0.15, -0.1) is 0 Å². The van der Waals surface area contributed by atoms with Gasteiger partial charge in [-0.3, -0.25) is 0 Å². The van der Waals surface area contributed by atoms with Crippen LogP contribution in [0.3, 0.4) is 0 Å². The predicted octanol–water partition coefficient (Wildman–Crippen LogP) is 1.23. The molecule has 43 valence electrons. The molecule has 0 saturated carbocycles. The van der Waals surface area contributed by atoms with Crippen LogP contribution in [0.25, 0.3) is 0 Å². The SMILES string of the molecule is C[C](CO)C(C)C. The molecule has 0 spiro atoms. The number of hydrogen-bond donors (Lipinski definition) is 1. The Hall–Kier alpha value is -0.0400. The quantitative estimate of drug-likeness (QED) is 0.554. The fraction of sp³-hybridized carbons (Fsp3) is 0.833. The maximum atomic E-state index is 8.47. The molecule has 0 aliphatic heterocycles. The van der Waals surface area contributed by atoms with E-state index in [1.165, 1.54) is 0 Å². The summed E-state index contributed by atoms with van der Waals surface area (Å²) < 4.78 is 0. The fourth-order valence-corrected chi connectivity index (χ4v) is 0.183. The second-order valence-corrected chi connectivity index (χ2v) is 2.16. The molecular weight excluding hydrogens is 88.1 g/mol. The Labute approximate surface area is 45.4 Å². The number of hydrogen-bond acceptors (Lipinski definition) is 1. The molecule has 1 heteroatoms. The minimum Gasteiger partial charge on any atom is -0.396 e. The third-order valence-electron chi connectivity index (χ3n) is 1.23. The monoisotopic (exact) mass is 101 g/mol. The molecule has 0 unspecified atom stereocenters. The van der Waals surface area contributed by atoms with Crippen LogP contribution >= 0.6 is 0 Å². The first-order valence-corrected chi connectivity index (χ1v) is 2.61. The van der Waals surface area contributed by atoms with E-state index in [1.54, 1.807) is 0 Å². The second-order valence-electron chi connectivity index (χ2n) is 2.16. The predicted molar refractivity (Wildman–Crippen MR) is 30.8 cm³/mol. The summed E-state index contributed by atoms with van der Waals surface area (Å²) in [4.78, 5) is 0. The molecule has 0 bridgehead atoms. The van der Waals surface area contributed by atoms with E-state index in [0.29, 0.717) is 5.92 Å². The van der Waals surface area contributed by atoms with Gasteiger partial charge in [-0.2, -0.15) is 0 Å². The summed E-state index contributed by atoms with van der Waals surface area (Å²) in [6.07, 6.45) is 0. The van der Waals surface area contributed by atoms with E-state index in [2.05, 4.69) is 13.8 Å². The Morgan fingerprint density at radius 3 is 2.00 bits per heavy atom. The highest BCUT2D eigenvalue weighted by Crippen LogP contribution is 2.09. The Morgan fingerprint density at radius 1 is 1.57 bits per heavy atom. The van der Waals surface area contributed by atoms with Crippen LogP contribution in [-0.2, 0) is 0 Å². The average molecular weight is 101 g/mol. The molecule has 1 N–H and O–H groups in total. The zero-order valence-electron chi connectivity index (χ0n) is 5.23. The maximum Gasteiger partial charge on any atom is 0.0493 e. The number of rotatable bonds is 2. The van der Waals surface area contributed by atoms with Crippen molar-refractivity contribution in [3.05, 3.63) is 5.92 Å². The fourth-order valence-electron chi connectivity index (χ4n) is 0.183. The number of aliphatic hydroxyl groups is 1. The molecule has 0 saturated heterocycles. The summed E-state index contributed by atoms with van der Waals surface area (Å²) in [5.74, 6) is 1.69. The van der Waals surface area contributed by atoms with Gasteiger partial charge in [0.05, 0.1) is 0 Å². The van der Waals surface area contributed by atoms with E-state index in [9.17, 15) is 0 Å². The van der Waals surface area contributed by atoms with Gasteiger partial charge >= 0.3 is 0 Å². The van der Waals surface area contributed by atoms with Crippen LogP contribution in [-0.4, -0.2) is 11.7 Å². The van der Waals surface area contributed by atoms with Gasteiger partial charge in [-0.25, -0.2) is 0 Å². The molecule has 0 amide bonds. The lowest BCUT2D eigenvalue weighted by Gasteiger charge is -2.08. The van der Waals surface area contributed by atoms with Crippen LogP contribution < -0.4 is 0 Å². The van der Waals surface area contributed by atoms with Crippen molar-refractivity contribution >= 4 is 0 Å². The van der Waals surface area contributed by atoms with E-state index in [4.69, 9.17) is 5.11 Å². The van der Waals surface area contributed by atoms with Crippen molar-refractivity contribution in [1.82, 2.24) is 0 Å². The molecule has 0 aromatic carbocycles. The van der Waals surface area contributed by atoms with Crippen molar-refractivity contribution in [3.63, 3.8) is 0 Å². The van der Waals surface area contributed by atoms with Crippen LogP contribution in [0.15, 0.2) is 0 Å². The summed E-state index contributed by atoms with van der Waals surface area (Å²) >= 11 is 0. The molecule has 0 aromatic rings. The topological polar surface area (TPSA) is 20.2 Å². The van der Waals surface area contributed by atoms with Crippen LogP contribution in [0.2, 0.25) is 0 Å². The second kappa shape index (κ2) is 3.03. The zero-order valence-corrected chi connectivity index (χ0v) is 5.23. The zero-order chi connectivity index (χ0) is 5.86. The largest absolute Gasteiger partial charge is 0.396 e. The third-order valence-corrected chi connectivity index (χ3v) is 1.23. The normalized spacial score (nSPS) is 11.1. The van der Waals surface area contributed by atoms with E-state index >= 15 is 0 Å². The first kappa shape index (κ1) is 6.96. The van der Waals surface area contributed by atoms with Gasteiger partial charge in [-0.05, 0) is 5.92 Å². The molecular formula is C6H13O. The molecule has 0 fully saturated rings. The lowest BCUT2D eigenvalue weighted by atomic mass is 10.00. The van der Waals surface area contributed by atoms with Crippen molar-refractivity contribution in [2.75, 3.05) is 6.61 Å². The smallest absolute Gasteiger partial charge is 0.0493 e. The molecule has 0 rings (SSSR count). The molecule has 0 aliphatic rings. The highest BCUT2D eigenvalue weighted by atomic mass is 16.3. The van der Waals surface area contributed by atoms with E-state index in [1.807, 2.05) is 6.92 Å². The standard InChI is InChI=1S/C6H13O/c1-5(2)6(3)4-7/h5,7H,4H2,1-3H3. The highest BCUT2D eigenvalue weighted by Gasteiger charge is 2.03. The Bertz CT molecular complexity index is 41.4. The van der Waals surface area contributed by atoms with E-state index in [-0.39, 0.29) is 6.61 Å². The van der Waals surface area contributed by atoms with Crippen molar-refractivity contribution in [2.24, 2.45) is 5.92 Å². The molecule has 0 aromatic heterocycles.